The Bertz CT molecular complexity index is 1520. The van der Waals surface area contributed by atoms with Crippen molar-refractivity contribution in [3.05, 3.63) is 47.5 Å². The molecule has 56 heavy (non-hydrogen) atoms. The Labute approximate surface area is 331 Å². The average Bonchev–Trinajstić information content (AvgIpc) is 3.16. The molecule has 1 aromatic carbocycles. The fourth-order valence-electron chi connectivity index (χ4n) is 6.14. The summed E-state index contributed by atoms with van der Waals surface area (Å²) in [5.74, 6) is -4.69. The lowest BCUT2D eigenvalue weighted by atomic mass is 9.97. The number of hydrogen-bond acceptors (Lipinski definition) is 10. The molecule has 312 valence electrons. The lowest BCUT2D eigenvalue weighted by molar-refractivity contribution is -0.154. The van der Waals surface area contributed by atoms with E-state index in [0.717, 1.165) is 5.56 Å². The number of unbranched alkanes of at least 4 members (excludes halogenated alkanes) is 1. The highest BCUT2D eigenvalue weighted by atomic mass is 16.5. The van der Waals surface area contributed by atoms with E-state index in [1.165, 1.54) is 30.8 Å². The van der Waals surface area contributed by atoms with Crippen molar-refractivity contribution < 1.29 is 43.0 Å². The highest BCUT2D eigenvalue weighted by Crippen LogP contribution is 2.16. The van der Waals surface area contributed by atoms with E-state index < -0.39 is 78.3 Å². The second-order valence-corrected chi connectivity index (χ2v) is 15.1. The van der Waals surface area contributed by atoms with Gasteiger partial charge in [-0.1, -0.05) is 70.5 Å². The summed E-state index contributed by atoms with van der Waals surface area (Å²) in [7, 11) is 2.88. The number of allylic oxidation sites excluding steroid dienone is 1. The maximum atomic E-state index is 14.1. The fraction of sp³-hybridized carbons (Fsp3) is 0.634. The van der Waals surface area contributed by atoms with Gasteiger partial charge in [-0.05, 0) is 76.3 Å². The first-order valence-electron chi connectivity index (χ1n) is 19.7. The van der Waals surface area contributed by atoms with Crippen molar-refractivity contribution >= 4 is 41.5 Å². The van der Waals surface area contributed by atoms with Gasteiger partial charge in [0.15, 0.2) is 6.10 Å². The van der Waals surface area contributed by atoms with Gasteiger partial charge in [-0.3, -0.25) is 24.0 Å². The molecule has 0 saturated carbocycles. The number of ether oxygens (including phenoxy) is 2. The average molecular weight is 785 g/mol. The van der Waals surface area contributed by atoms with Crippen molar-refractivity contribution in [2.75, 3.05) is 33.8 Å². The minimum Gasteiger partial charge on any atom is -0.464 e. The van der Waals surface area contributed by atoms with Gasteiger partial charge in [-0.25, -0.2) is 9.59 Å². The smallest absolute Gasteiger partial charge is 0.334 e. The maximum absolute atomic E-state index is 14.1. The maximum Gasteiger partial charge on any atom is 0.334 e. The van der Waals surface area contributed by atoms with E-state index in [1.54, 1.807) is 32.1 Å². The van der Waals surface area contributed by atoms with Gasteiger partial charge in [-0.2, -0.15) is 0 Å². The number of amides is 5. The number of nitrogens with two attached hydrogens (primary N) is 1. The summed E-state index contributed by atoms with van der Waals surface area (Å²) in [4.78, 5) is 97.4. The van der Waals surface area contributed by atoms with Gasteiger partial charge < -0.3 is 41.0 Å². The highest BCUT2D eigenvalue weighted by molar-refractivity contribution is 5.96. The lowest BCUT2D eigenvalue weighted by Gasteiger charge is -2.33. The molecule has 6 atom stereocenters. The van der Waals surface area contributed by atoms with Gasteiger partial charge in [-0.15, -0.1) is 0 Å². The van der Waals surface area contributed by atoms with Crippen molar-refractivity contribution in [2.24, 2.45) is 17.6 Å². The molecule has 5 N–H and O–H groups in total. The van der Waals surface area contributed by atoms with Crippen LogP contribution in [-0.4, -0.2) is 115 Å². The Balaban J connectivity index is 2.53. The van der Waals surface area contributed by atoms with Crippen LogP contribution >= 0.6 is 0 Å². The molecule has 5 amide bonds. The number of rotatable bonds is 10. The molecule has 2 rings (SSSR count). The highest BCUT2D eigenvalue weighted by Gasteiger charge is 2.36. The summed E-state index contributed by atoms with van der Waals surface area (Å²) in [5, 5.41) is 8.19. The summed E-state index contributed by atoms with van der Waals surface area (Å²) in [6, 6.07) is 4.84. The number of hydrogen-bond donors (Lipinski definition) is 4. The van der Waals surface area contributed by atoms with Crippen LogP contribution in [0.4, 0.5) is 0 Å². The Morgan fingerprint density at radius 2 is 1.59 bits per heavy atom. The second-order valence-electron chi connectivity index (χ2n) is 15.1. The lowest BCUT2D eigenvalue weighted by Crippen LogP contribution is -2.57. The van der Waals surface area contributed by atoms with E-state index in [1.807, 2.05) is 39.0 Å². The second kappa shape index (κ2) is 24.0. The van der Waals surface area contributed by atoms with E-state index >= 15 is 0 Å². The fourth-order valence-corrected chi connectivity index (χ4v) is 6.14. The van der Waals surface area contributed by atoms with Crippen LogP contribution in [-0.2, 0) is 49.5 Å². The molecule has 0 aromatic heterocycles. The van der Waals surface area contributed by atoms with Gasteiger partial charge in [0.2, 0.25) is 23.6 Å². The third kappa shape index (κ3) is 15.4. The summed E-state index contributed by atoms with van der Waals surface area (Å²) < 4.78 is 11.2. The van der Waals surface area contributed by atoms with Gasteiger partial charge >= 0.3 is 11.9 Å². The molecule has 0 radical (unpaired) electrons. The molecule has 1 unspecified atom stereocenters. The number of carbonyl (C=O) groups is 7. The molecular weight excluding hydrogens is 720 g/mol. The van der Waals surface area contributed by atoms with Gasteiger partial charge in [0.05, 0.1) is 13.2 Å². The van der Waals surface area contributed by atoms with Gasteiger partial charge in [0, 0.05) is 26.1 Å². The number of cyclic esters (lactones) is 2. The molecule has 1 heterocycles. The van der Waals surface area contributed by atoms with E-state index in [0.29, 0.717) is 38.6 Å². The first-order chi connectivity index (χ1) is 26.5. The Kier molecular flexibility index (Phi) is 20.3. The molecule has 1 aliphatic heterocycles. The van der Waals surface area contributed by atoms with Crippen molar-refractivity contribution in [3.8, 4) is 0 Å². The normalized spacial score (nSPS) is 25.1. The number of carbonyl (C=O) groups excluding carboxylic acids is 7. The Hall–Kier alpha value is -4.79. The van der Waals surface area contributed by atoms with Crippen LogP contribution in [0.2, 0.25) is 0 Å². The molecule has 0 bridgehead atoms. The van der Waals surface area contributed by atoms with E-state index in [2.05, 4.69) is 16.0 Å². The molecule has 0 fully saturated rings. The van der Waals surface area contributed by atoms with Crippen molar-refractivity contribution in [3.63, 3.8) is 0 Å². The van der Waals surface area contributed by atoms with Crippen LogP contribution in [0.5, 0.6) is 0 Å². The molecule has 1 aliphatic rings. The van der Waals surface area contributed by atoms with Crippen LogP contribution in [0.15, 0.2) is 42.0 Å². The van der Waals surface area contributed by atoms with Crippen LogP contribution in [0.3, 0.4) is 0 Å². The van der Waals surface area contributed by atoms with Gasteiger partial charge in [0.25, 0.3) is 5.91 Å². The largest absolute Gasteiger partial charge is 0.464 e. The third-order valence-electron chi connectivity index (χ3n) is 9.81. The third-order valence-corrected chi connectivity index (χ3v) is 9.81. The van der Waals surface area contributed by atoms with E-state index in [-0.39, 0.29) is 43.3 Å². The number of nitrogens with zero attached hydrogens (tertiary/aromatic N) is 2. The number of likely N-dealkylation sites (N-methyl/N-ethyl adjacent to an activating group) is 2. The zero-order valence-corrected chi connectivity index (χ0v) is 34.4. The van der Waals surface area contributed by atoms with Gasteiger partial charge in [0.1, 0.15) is 24.2 Å². The summed E-state index contributed by atoms with van der Waals surface area (Å²) in [6.07, 6.45) is 3.41. The zero-order valence-electron chi connectivity index (χ0n) is 34.4. The molecule has 0 spiro atoms. The predicted octanol–water partition coefficient (Wildman–Crippen LogP) is 2.41. The zero-order chi connectivity index (χ0) is 41.9. The summed E-state index contributed by atoms with van der Waals surface area (Å²) >= 11 is 0. The first kappa shape index (κ1) is 47.4. The van der Waals surface area contributed by atoms with E-state index in [4.69, 9.17) is 15.2 Å². The van der Waals surface area contributed by atoms with Crippen molar-refractivity contribution in [2.45, 2.75) is 123 Å². The van der Waals surface area contributed by atoms with Crippen LogP contribution in [0.25, 0.3) is 0 Å². The Morgan fingerprint density at radius 3 is 2.21 bits per heavy atom. The van der Waals surface area contributed by atoms with Crippen LogP contribution in [0, 0.1) is 11.8 Å². The van der Waals surface area contributed by atoms with Crippen molar-refractivity contribution in [1.29, 1.82) is 0 Å². The molecule has 1 aromatic rings. The first-order valence-corrected chi connectivity index (χ1v) is 19.7. The summed E-state index contributed by atoms with van der Waals surface area (Å²) in [5.41, 5.74) is 6.68. The monoisotopic (exact) mass is 784 g/mol. The Morgan fingerprint density at radius 1 is 0.911 bits per heavy atom. The van der Waals surface area contributed by atoms with Crippen LogP contribution in [0.1, 0.15) is 92.1 Å². The van der Waals surface area contributed by atoms with Crippen LogP contribution < -0.4 is 21.7 Å². The number of benzene rings is 1. The predicted molar refractivity (Wildman–Crippen MR) is 211 cm³/mol. The minimum atomic E-state index is -1.20. The number of nitrogens with one attached hydrogen (secondary N) is 3. The summed E-state index contributed by atoms with van der Waals surface area (Å²) in [6.45, 7) is 10.4. The van der Waals surface area contributed by atoms with E-state index in [9.17, 15) is 33.6 Å². The molecule has 0 aliphatic carbocycles. The standard InChI is InChI=1S/C41H64N6O9/c1-9-27(4)35-37(50)44-31(20-13-15-21-42)41(54)55-22-16-14-17-28(5)40(53)56-33(23-26(2)3)36(49)43-29(6)38(51)47(8)32(24-30-18-11-10-12-19-30)39(52)46(7)25-34(48)45-35/h10-12,17-19,26-27,29,31-33,35H,9,13-16,20-25,42H2,1-8H3,(H,43,49)(H,44,50)(H,45,48)/b28-17+/t27?,29-,31-,32+,33+,35-/m0/s1. The van der Waals surface area contributed by atoms with Crippen molar-refractivity contribution in [1.82, 2.24) is 25.8 Å². The molecule has 15 heteroatoms. The number of esters is 2. The quantitative estimate of drug-likeness (QED) is 0.201. The molecule has 0 saturated heterocycles. The SMILES string of the molecule is CCC(C)[C@@H]1NC(=O)CN(C)C(=O)[C@@H](Cc2ccccc2)N(C)C(=O)[C@H](C)NC(=O)[C@@H](CC(C)C)OC(=O)/C(C)=C/CCCOC(=O)[C@H](CCCCN)NC1=O. The molecular formula is C41H64N6O9. The topological polar surface area (TPSA) is 207 Å². The molecule has 15 nitrogen and oxygen atoms in total. The minimum absolute atomic E-state index is 0.0107.